The summed E-state index contributed by atoms with van der Waals surface area (Å²) in [5, 5.41) is 0. The molecule has 0 radical (unpaired) electrons. The molecule has 0 saturated heterocycles. The SMILES string of the molecule is C.[2H]C(C)C.[2H]C(C)C. The van der Waals surface area contributed by atoms with Crippen LogP contribution in [0.25, 0.3) is 0 Å². The van der Waals surface area contributed by atoms with E-state index in [2.05, 4.69) is 0 Å². The molecule has 0 fully saturated rings. The second-order valence-electron chi connectivity index (χ2n) is 1.15. The highest BCUT2D eigenvalue weighted by molar-refractivity contribution is 3.92. The Morgan fingerprint density at radius 2 is 1.00 bits per heavy atom. The molecule has 7 heavy (non-hydrogen) atoms. The van der Waals surface area contributed by atoms with Crippen molar-refractivity contribution < 1.29 is 2.74 Å². The third kappa shape index (κ3) is 0. The van der Waals surface area contributed by atoms with Crippen LogP contribution in [0.1, 0.15) is 50.7 Å². The lowest BCUT2D eigenvalue weighted by atomic mass is 10.6. The summed E-state index contributed by atoms with van der Waals surface area (Å²) in [7, 11) is 0. The zero-order valence-corrected chi connectivity index (χ0v) is 5.15. The monoisotopic (exact) mass is 106 g/mol. The summed E-state index contributed by atoms with van der Waals surface area (Å²) in [5.41, 5.74) is 0. The molecule has 0 aliphatic rings. The second kappa shape index (κ2) is 37.5. The maximum Gasteiger partial charge on any atom is 0.0261 e. The molecule has 0 amide bonds. The van der Waals surface area contributed by atoms with Crippen molar-refractivity contribution in [3.63, 3.8) is 0 Å². The number of rotatable bonds is 0. The van der Waals surface area contributed by atoms with Crippen LogP contribution in [0, 0.1) is 0 Å². The molecule has 0 atom stereocenters. The summed E-state index contributed by atoms with van der Waals surface area (Å²) in [6.07, 6.45) is 0.167. The normalized spacial score (nSPS) is 10.6. The lowest BCUT2D eigenvalue weighted by Gasteiger charge is -1.48. The summed E-state index contributed by atoms with van der Waals surface area (Å²) < 4.78 is 13.2. The fourth-order valence-corrected chi connectivity index (χ4v) is 0. The van der Waals surface area contributed by atoms with Gasteiger partial charge < -0.3 is 0 Å². The van der Waals surface area contributed by atoms with Crippen LogP contribution >= 0.6 is 0 Å². The predicted octanol–water partition coefficient (Wildman–Crippen LogP) is 3.47. The minimum absolute atomic E-state index is 0. The van der Waals surface area contributed by atoms with E-state index >= 15 is 0 Å². The van der Waals surface area contributed by atoms with E-state index in [1.165, 1.54) is 0 Å². The first kappa shape index (κ1) is 7.00. The minimum Gasteiger partial charge on any atom is -0.0776 e. The van der Waals surface area contributed by atoms with Gasteiger partial charge in [0.25, 0.3) is 0 Å². The molecule has 0 N–H and O–H groups in total. The largest absolute Gasteiger partial charge is 0.0776 e. The molecular formula is C7H20. The van der Waals surface area contributed by atoms with E-state index in [1.54, 1.807) is 0 Å². The Kier molecular flexibility index (Phi) is 37.5. The van der Waals surface area contributed by atoms with Gasteiger partial charge in [0.15, 0.2) is 0 Å². The summed E-state index contributed by atoms with van der Waals surface area (Å²) in [4.78, 5) is 0. The van der Waals surface area contributed by atoms with Crippen LogP contribution in [-0.2, 0) is 0 Å². The quantitative estimate of drug-likeness (QED) is 0.443. The van der Waals surface area contributed by atoms with Gasteiger partial charge in [0.2, 0.25) is 0 Å². The predicted molar refractivity (Wildman–Crippen MR) is 38.7 cm³/mol. The van der Waals surface area contributed by atoms with Crippen molar-refractivity contribution in [3.8, 4) is 0 Å². The lowest BCUT2D eigenvalue weighted by Crippen LogP contribution is -1.27. The first-order valence-corrected chi connectivity index (χ1v) is 2.31. The zero-order valence-electron chi connectivity index (χ0n) is 7.15. The second-order valence-corrected chi connectivity index (χ2v) is 1.15. The summed E-state index contributed by atoms with van der Waals surface area (Å²) >= 11 is 0. The van der Waals surface area contributed by atoms with Crippen LogP contribution in [-0.4, -0.2) is 0 Å². The smallest absolute Gasteiger partial charge is 0.0261 e. The molecule has 0 unspecified atom stereocenters. The average Bonchev–Trinajstić information content (AvgIpc) is 1.25. The minimum atomic E-state index is 0. The Balaban J connectivity index is -0.0000000720. The third-order valence-corrected chi connectivity index (χ3v) is 0. The van der Waals surface area contributed by atoms with Crippen molar-refractivity contribution in [3.05, 3.63) is 0 Å². The van der Waals surface area contributed by atoms with Gasteiger partial charge in [-0.15, -0.1) is 0 Å². The van der Waals surface area contributed by atoms with Gasteiger partial charge in [-0.1, -0.05) is 47.9 Å². The van der Waals surface area contributed by atoms with Crippen LogP contribution < -0.4 is 0 Å². The molecule has 0 heterocycles. The van der Waals surface area contributed by atoms with Crippen LogP contribution in [0.5, 0.6) is 0 Å². The van der Waals surface area contributed by atoms with E-state index in [-0.39, 0.29) is 20.2 Å². The molecular weight excluding hydrogens is 84.1 g/mol. The zero-order chi connectivity index (χ0) is 7.15. The van der Waals surface area contributed by atoms with E-state index in [9.17, 15) is 0 Å². The molecule has 0 nitrogen and oxygen atoms in total. The van der Waals surface area contributed by atoms with E-state index in [1.807, 2.05) is 27.7 Å². The maximum atomic E-state index is 6.58. The highest BCUT2D eigenvalue weighted by Gasteiger charge is 1.36. The highest BCUT2D eigenvalue weighted by Crippen LogP contribution is 1.56. The summed E-state index contributed by atoms with van der Waals surface area (Å²) in [6.45, 7) is 7.33. The fourth-order valence-electron chi connectivity index (χ4n) is 0. The van der Waals surface area contributed by atoms with Gasteiger partial charge in [0.1, 0.15) is 0 Å². The van der Waals surface area contributed by atoms with Gasteiger partial charge in [-0.2, -0.15) is 0 Å². The van der Waals surface area contributed by atoms with Gasteiger partial charge in [-0.3, -0.25) is 0 Å². The van der Waals surface area contributed by atoms with Crippen molar-refractivity contribution >= 4 is 0 Å². The summed E-state index contributed by atoms with van der Waals surface area (Å²) in [6, 6.07) is 0. The Morgan fingerprint density at radius 3 is 1.00 bits per heavy atom. The molecule has 0 heteroatoms. The molecule has 0 aromatic rings. The Hall–Kier alpha value is 0. The molecule has 0 spiro atoms. The Bertz CT molecular complexity index is 22.4. The van der Waals surface area contributed by atoms with Gasteiger partial charge >= 0.3 is 0 Å². The Morgan fingerprint density at radius 1 is 1.00 bits per heavy atom. The first-order valence-electron chi connectivity index (χ1n) is 3.46. The molecule has 0 bridgehead atoms. The van der Waals surface area contributed by atoms with Gasteiger partial charge in [0, 0.05) is 2.74 Å². The Labute approximate surface area is 51.8 Å². The molecule has 0 aromatic heterocycles. The average molecular weight is 106 g/mol. The fraction of sp³-hybridized carbons (Fsp3) is 1.00. The van der Waals surface area contributed by atoms with Crippen molar-refractivity contribution in [1.29, 1.82) is 0 Å². The van der Waals surface area contributed by atoms with E-state index < -0.39 is 0 Å². The number of hydrogen-bond donors (Lipinski definition) is 0. The van der Waals surface area contributed by atoms with Crippen LogP contribution in [0.15, 0.2) is 0 Å². The summed E-state index contributed by atoms with van der Waals surface area (Å²) in [5.74, 6) is 0. The first-order chi connectivity index (χ1) is 3.46. The van der Waals surface area contributed by atoms with Crippen molar-refractivity contribution in [1.82, 2.24) is 0 Å². The van der Waals surface area contributed by atoms with E-state index in [4.69, 9.17) is 2.74 Å². The van der Waals surface area contributed by atoms with E-state index in [0.29, 0.717) is 0 Å². The van der Waals surface area contributed by atoms with Crippen molar-refractivity contribution in [2.75, 3.05) is 0 Å². The van der Waals surface area contributed by atoms with Crippen LogP contribution in [0.4, 0.5) is 0 Å². The van der Waals surface area contributed by atoms with Gasteiger partial charge in [-0.25, -0.2) is 0 Å². The maximum absolute atomic E-state index is 6.58. The molecule has 0 aromatic carbocycles. The third-order valence-electron chi connectivity index (χ3n) is 0. The molecule has 0 rings (SSSR count). The van der Waals surface area contributed by atoms with Crippen LogP contribution in [0.3, 0.4) is 0 Å². The topological polar surface area (TPSA) is 0 Å². The highest BCUT2D eigenvalue weighted by atomic mass is 13.4. The van der Waals surface area contributed by atoms with Crippen LogP contribution in [0.2, 0.25) is 0 Å². The molecule has 0 saturated carbocycles. The van der Waals surface area contributed by atoms with E-state index in [0.717, 1.165) is 0 Å². The standard InChI is InChI=1S/2C3H8.CH4/c2*1-3-2;/h2*3H2,1-2H3;1H4/i2*3D;. The van der Waals surface area contributed by atoms with Crippen molar-refractivity contribution in [2.45, 2.75) is 47.9 Å². The molecule has 48 valence electrons. The van der Waals surface area contributed by atoms with Crippen molar-refractivity contribution in [2.24, 2.45) is 0 Å². The molecule has 0 aliphatic heterocycles. The van der Waals surface area contributed by atoms with Gasteiger partial charge in [0.05, 0.1) is 0 Å². The lowest BCUT2D eigenvalue weighted by molar-refractivity contribution is 1.09. The van der Waals surface area contributed by atoms with Gasteiger partial charge in [-0.05, 0) is 0 Å². The molecule has 0 aliphatic carbocycles. The number of hydrogen-bond acceptors (Lipinski definition) is 0.